The molecule has 37 heavy (non-hydrogen) atoms. The molecule has 3 unspecified atom stereocenters. The number of ether oxygens (including phenoxy) is 1. The molecule has 3 rings (SSSR count). The van der Waals surface area contributed by atoms with Crippen LogP contribution in [0.2, 0.25) is 19.6 Å². The number of methoxy groups -OCH3 is 1. The first-order valence-corrected chi connectivity index (χ1v) is 18.9. The van der Waals surface area contributed by atoms with Crippen molar-refractivity contribution >= 4 is 20.7 Å². The first kappa shape index (κ1) is 29.1. The average Bonchev–Trinajstić information content (AvgIpc) is 2.87. The third-order valence-electron chi connectivity index (χ3n) is 7.45. The minimum Gasteiger partial charge on any atom is -0.376 e. The van der Waals surface area contributed by atoms with Gasteiger partial charge in [-0.25, -0.2) is 0 Å². The summed E-state index contributed by atoms with van der Waals surface area (Å²) in [7, 11) is -4.51. The summed E-state index contributed by atoms with van der Waals surface area (Å²) in [5, 5.41) is 0.779. The van der Waals surface area contributed by atoms with Crippen LogP contribution in [-0.4, -0.2) is 22.6 Å². The Labute approximate surface area is 220 Å². The number of hydrogen-bond acceptors (Lipinski definition) is 1. The number of rotatable bonds is 10. The Morgan fingerprint density at radius 3 is 1.76 bits per heavy atom. The van der Waals surface area contributed by atoms with Gasteiger partial charge in [-0.3, -0.25) is 0 Å². The Morgan fingerprint density at radius 2 is 1.32 bits per heavy atom. The van der Waals surface area contributed by atoms with E-state index in [1.165, 1.54) is 12.1 Å². The summed E-state index contributed by atoms with van der Waals surface area (Å²) >= 11 is 0. The summed E-state index contributed by atoms with van der Waals surface area (Å²) < 4.78 is 63.5. The fourth-order valence-electron chi connectivity index (χ4n) is 5.53. The van der Waals surface area contributed by atoms with Crippen LogP contribution in [0.4, 0.5) is 17.3 Å². The summed E-state index contributed by atoms with van der Waals surface area (Å²) in [6.07, 6.45) is -3.22. The Hall–Kier alpha value is -2.49. The van der Waals surface area contributed by atoms with Crippen molar-refractivity contribution in [2.45, 2.75) is 44.4 Å². The highest BCUT2D eigenvalue weighted by atomic mass is 29.3. The maximum absolute atomic E-state index is 18.1. The molecule has 0 spiro atoms. The van der Waals surface area contributed by atoms with Crippen molar-refractivity contribution in [3.8, 4) is 0 Å². The molecule has 0 N–H and O–H groups in total. The minimum atomic E-state index is -4.42. The predicted octanol–water partition coefficient (Wildman–Crippen LogP) is 8.39. The maximum atomic E-state index is 18.1. The highest BCUT2D eigenvalue weighted by Crippen LogP contribution is 2.46. The van der Waals surface area contributed by atoms with Crippen LogP contribution in [0.25, 0.3) is 0 Å². The molecule has 0 saturated carbocycles. The van der Waals surface area contributed by atoms with E-state index in [0.717, 1.165) is 22.9 Å². The molecule has 7 heteroatoms. The molecule has 3 aromatic carbocycles. The molecule has 0 aliphatic rings. The second kappa shape index (κ2) is 11.5. The zero-order valence-electron chi connectivity index (χ0n) is 22.1. The number of benzene rings is 3. The topological polar surface area (TPSA) is 9.23 Å². The molecule has 1 nitrogen and oxygen atoms in total. The molecule has 0 saturated heterocycles. The molecule has 3 aromatic rings. The van der Waals surface area contributed by atoms with Crippen molar-refractivity contribution in [3.05, 3.63) is 114 Å². The van der Waals surface area contributed by atoms with Crippen LogP contribution in [0.3, 0.4) is 0 Å². The van der Waals surface area contributed by atoms with Gasteiger partial charge in [0.05, 0.1) is 19.3 Å². The van der Waals surface area contributed by atoms with E-state index in [9.17, 15) is 13.2 Å². The van der Waals surface area contributed by atoms with Gasteiger partial charge in [-0.1, -0.05) is 105 Å². The van der Waals surface area contributed by atoms with Crippen molar-refractivity contribution in [2.24, 2.45) is 11.8 Å². The highest BCUT2D eigenvalue weighted by molar-refractivity contribution is 7.43. The summed E-state index contributed by atoms with van der Waals surface area (Å²) in [6, 6.07) is 24.4. The van der Waals surface area contributed by atoms with Gasteiger partial charge in [0.2, 0.25) is 0 Å². The van der Waals surface area contributed by atoms with Crippen molar-refractivity contribution in [1.82, 2.24) is 0 Å². The van der Waals surface area contributed by atoms with Gasteiger partial charge in [0.15, 0.2) is 0 Å². The second-order valence-electron chi connectivity index (χ2n) is 10.7. The maximum Gasteiger partial charge on any atom is 0.416 e. The summed E-state index contributed by atoms with van der Waals surface area (Å²) in [5.74, 6) is -0.578. The van der Waals surface area contributed by atoms with Crippen molar-refractivity contribution < 1.29 is 22.0 Å². The lowest BCUT2D eigenvalue weighted by molar-refractivity contribution is -0.137. The quantitative estimate of drug-likeness (QED) is 0.108. The van der Waals surface area contributed by atoms with Gasteiger partial charge < -0.3 is 8.84 Å². The predicted molar refractivity (Wildman–Crippen MR) is 150 cm³/mol. The summed E-state index contributed by atoms with van der Waals surface area (Å²) in [5.41, 5.74) is 0.426. The van der Waals surface area contributed by atoms with Crippen molar-refractivity contribution in [1.29, 1.82) is 0 Å². The third-order valence-corrected chi connectivity index (χ3v) is 20.9. The van der Waals surface area contributed by atoms with Crippen LogP contribution < -0.4 is 5.19 Å². The van der Waals surface area contributed by atoms with Gasteiger partial charge in [0, 0.05) is 18.6 Å². The smallest absolute Gasteiger partial charge is 0.376 e. The van der Waals surface area contributed by atoms with Crippen LogP contribution in [0.15, 0.2) is 97.6 Å². The summed E-state index contributed by atoms with van der Waals surface area (Å²) in [6.45, 7) is 12.4. The Bertz CT molecular complexity index is 1140. The monoisotopic (exact) mass is 544 g/mol. The second-order valence-corrected chi connectivity index (χ2v) is 24.5. The van der Waals surface area contributed by atoms with Crippen molar-refractivity contribution in [2.75, 3.05) is 7.11 Å². The van der Waals surface area contributed by atoms with Gasteiger partial charge in [0.25, 0.3) is 7.93 Å². The van der Waals surface area contributed by atoms with Gasteiger partial charge in [-0.2, -0.15) is 13.2 Å². The molecule has 0 aromatic heterocycles. The van der Waals surface area contributed by atoms with Crippen LogP contribution in [0.5, 0.6) is 0 Å². The SMILES string of the molecule is C=CC(C(OC)c1ccc(C(F)(F)F)cc1)[C@H](C)[C@@H](c1ccccc1)[Si](F)(c1ccccc1)[Si](C)(C)C. The largest absolute Gasteiger partial charge is 0.416 e. The molecule has 5 atom stereocenters. The number of halogens is 4. The minimum absolute atomic E-state index is 0.240. The highest BCUT2D eigenvalue weighted by Gasteiger charge is 2.58. The molecular formula is C30H36F4OSi2. The molecular weight excluding hydrogens is 508 g/mol. The lowest BCUT2D eigenvalue weighted by Crippen LogP contribution is -2.68. The van der Waals surface area contributed by atoms with Crippen LogP contribution in [0, 0.1) is 11.8 Å². The molecule has 0 heterocycles. The normalized spacial score (nSPS) is 17.3. The lowest BCUT2D eigenvalue weighted by atomic mass is 9.81. The Kier molecular flexibility index (Phi) is 9.03. The standard InChI is InChI=1S/C30H36F4OSi2/c1-7-27(28(35-3)23-18-20-25(21-19-23)30(31,32)33)22(2)29(24-14-10-8-11-15-24)37(34,36(4,5)6)26-16-12-9-13-17-26/h7-22,27-29H,1H2,2-6H3/t22-,27?,28?,29-,37?/m0/s1. The third kappa shape index (κ3) is 5.99. The first-order valence-electron chi connectivity index (χ1n) is 12.5. The summed E-state index contributed by atoms with van der Waals surface area (Å²) in [4.78, 5) is 0. The van der Waals surface area contributed by atoms with E-state index in [4.69, 9.17) is 4.74 Å². The van der Waals surface area contributed by atoms with Crippen LogP contribution in [0.1, 0.15) is 35.3 Å². The van der Waals surface area contributed by atoms with Gasteiger partial charge in [-0.15, -0.1) is 6.58 Å². The number of hydrogen-bond donors (Lipinski definition) is 0. The molecule has 0 fully saturated rings. The van der Waals surface area contributed by atoms with E-state index in [1.807, 2.05) is 67.6 Å². The molecule has 0 aliphatic heterocycles. The average molecular weight is 545 g/mol. The van der Waals surface area contributed by atoms with Gasteiger partial charge >= 0.3 is 6.18 Å². The Balaban J connectivity index is 2.16. The molecule has 0 amide bonds. The zero-order valence-corrected chi connectivity index (χ0v) is 24.1. The van der Waals surface area contributed by atoms with Gasteiger partial charge in [0.1, 0.15) is 0 Å². The van der Waals surface area contributed by atoms with Gasteiger partial charge in [-0.05, 0) is 34.4 Å². The Morgan fingerprint density at radius 1 is 0.811 bits per heavy atom. The first-order chi connectivity index (χ1) is 17.4. The van der Waals surface area contributed by atoms with Crippen molar-refractivity contribution in [3.63, 3.8) is 0 Å². The van der Waals surface area contributed by atoms with E-state index in [0.29, 0.717) is 5.56 Å². The lowest BCUT2D eigenvalue weighted by Gasteiger charge is -2.46. The van der Waals surface area contributed by atoms with Crippen LogP contribution >= 0.6 is 0 Å². The molecule has 0 bridgehead atoms. The van der Waals surface area contributed by atoms with E-state index in [-0.39, 0.29) is 11.8 Å². The van der Waals surface area contributed by atoms with E-state index in [1.54, 1.807) is 13.2 Å². The molecule has 198 valence electrons. The van der Waals surface area contributed by atoms with E-state index in [2.05, 4.69) is 26.2 Å². The molecule has 0 radical (unpaired) electrons. The number of alkyl halides is 3. The van der Waals surface area contributed by atoms with E-state index < -0.39 is 38.9 Å². The zero-order chi connectivity index (χ0) is 27.4. The van der Waals surface area contributed by atoms with E-state index >= 15 is 4.11 Å². The molecule has 0 aliphatic carbocycles. The fraction of sp³-hybridized carbons (Fsp3) is 0.333. The van der Waals surface area contributed by atoms with Crippen LogP contribution in [-0.2, 0) is 10.9 Å². The fourth-order valence-corrected chi connectivity index (χ4v) is 17.1.